The van der Waals surface area contributed by atoms with Crippen molar-refractivity contribution >= 4 is 5.91 Å². The van der Waals surface area contributed by atoms with Gasteiger partial charge in [0.1, 0.15) is 0 Å². The molecule has 3 rings (SSSR count). The number of hydrogen-bond donors (Lipinski definition) is 2. The van der Waals surface area contributed by atoms with E-state index < -0.39 is 0 Å². The third kappa shape index (κ3) is 2.05. The maximum absolute atomic E-state index is 12.6. The molecule has 3 fully saturated rings. The van der Waals surface area contributed by atoms with Crippen molar-refractivity contribution in [3.8, 4) is 0 Å². The third-order valence-corrected chi connectivity index (χ3v) is 5.18. The highest BCUT2D eigenvalue weighted by Gasteiger charge is 2.44. The molecule has 0 aromatic rings. The van der Waals surface area contributed by atoms with Crippen LogP contribution >= 0.6 is 0 Å². The van der Waals surface area contributed by atoms with Crippen LogP contribution in [0.4, 0.5) is 0 Å². The number of carbonyl (C=O) groups excluding carboxylic acids is 1. The topological polar surface area (TPSA) is 52.6 Å². The highest BCUT2D eigenvalue weighted by molar-refractivity contribution is 5.83. The summed E-state index contributed by atoms with van der Waals surface area (Å²) in [4.78, 5) is 14.5. The van der Waals surface area contributed by atoms with Gasteiger partial charge in [-0.25, -0.2) is 0 Å². The Bertz CT molecular complexity index is 334. The van der Waals surface area contributed by atoms with Crippen molar-refractivity contribution in [3.05, 3.63) is 0 Å². The second-order valence-corrected chi connectivity index (χ2v) is 6.36. The Kier molecular flexibility index (Phi) is 3.32. The fraction of sp³-hybridized carbons (Fsp3) is 0.929. The Morgan fingerprint density at radius 1 is 1.33 bits per heavy atom. The molecule has 4 heteroatoms. The van der Waals surface area contributed by atoms with E-state index in [1.165, 1.54) is 19.3 Å². The standard InChI is InChI=1S/C14H24N2O2/c1-9-8-16(6-5-12(9)17)14(18)13-11-4-2-3-10(11)7-15-13/h9-13,15,17H,2-8H2,1H3. The first kappa shape index (κ1) is 12.4. The first-order valence-corrected chi connectivity index (χ1v) is 7.37. The largest absolute Gasteiger partial charge is 0.393 e. The van der Waals surface area contributed by atoms with Crippen LogP contribution in [-0.4, -0.2) is 47.7 Å². The summed E-state index contributed by atoms with van der Waals surface area (Å²) < 4.78 is 0. The van der Waals surface area contributed by atoms with Crippen molar-refractivity contribution in [2.45, 2.75) is 44.8 Å². The molecule has 2 saturated heterocycles. The number of carbonyl (C=O) groups is 1. The SMILES string of the molecule is CC1CN(C(=O)C2NCC3CCCC32)CCC1O. The molecule has 0 bridgehead atoms. The molecule has 18 heavy (non-hydrogen) atoms. The zero-order valence-electron chi connectivity index (χ0n) is 11.1. The summed E-state index contributed by atoms with van der Waals surface area (Å²) in [5.41, 5.74) is 0. The molecule has 0 radical (unpaired) electrons. The Balaban J connectivity index is 1.64. The summed E-state index contributed by atoms with van der Waals surface area (Å²) in [6.07, 6.45) is 4.28. The molecule has 102 valence electrons. The van der Waals surface area contributed by atoms with E-state index in [0.717, 1.165) is 32.0 Å². The normalized spacial score (nSPS) is 44.1. The van der Waals surface area contributed by atoms with Crippen molar-refractivity contribution in [2.75, 3.05) is 19.6 Å². The summed E-state index contributed by atoms with van der Waals surface area (Å²) in [5, 5.41) is 13.2. The molecule has 1 aliphatic carbocycles. The van der Waals surface area contributed by atoms with E-state index in [1.54, 1.807) is 0 Å². The molecule has 2 aliphatic heterocycles. The maximum Gasteiger partial charge on any atom is 0.240 e. The fourth-order valence-corrected chi connectivity index (χ4v) is 3.99. The van der Waals surface area contributed by atoms with E-state index in [-0.39, 0.29) is 24.0 Å². The number of piperidine rings is 1. The minimum absolute atomic E-state index is 0.0555. The van der Waals surface area contributed by atoms with Crippen molar-refractivity contribution in [3.63, 3.8) is 0 Å². The molecule has 0 aromatic carbocycles. The lowest BCUT2D eigenvalue weighted by molar-refractivity contribution is -0.137. The molecule has 0 aromatic heterocycles. The number of amides is 1. The lowest BCUT2D eigenvalue weighted by Crippen LogP contribution is -2.52. The summed E-state index contributed by atoms with van der Waals surface area (Å²) in [7, 11) is 0. The van der Waals surface area contributed by atoms with E-state index in [1.807, 2.05) is 11.8 Å². The summed E-state index contributed by atoms with van der Waals surface area (Å²) in [5.74, 6) is 1.79. The van der Waals surface area contributed by atoms with E-state index in [4.69, 9.17) is 0 Å². The van der Waals surface area contributed by atoms with Crippen LogP contribution in [0, 0.1) is 17.8 Å². The van der Waals surface area contributed by atoms with Gasteiger partial charge in [-0.3, -0.25) is 4.79 Å². The average Bonchev–Trinajstić information content (AvgIpc) is 2.93. The van der Waals surface area contributed by atoms with Crippen LogP contribution in [0.1, 0.15) is 32.6 Å². The molecule has 1 saturated carbocycles. The van der Waals surface area contributed by atoms with Crippen molar-refractivity contribution in [1.82, 2.24) is 10.2 Å². The molecule has 2 heterocycles. The average molecular weight is 252 g/mol. The van der Waals surface area contributed by atoms with Gasteiger partial charge in [0.15, 0.2) is 0 Å². The number of nitrogens with zero attached hydrogens (tertiary/aromatic N) is 1. The zero-order chi connectivity index (χ0) is 12.7. The van der Waals surface area contributed by atoms with Gasteiger partial charge in [0.25, 0.3) is 0 Å². The number of rotatable bonds is 1. The van der Waals surface area contributed by atoms with Gasteiger partial charge in [-0.1, -0.05) is 13.3 Å². The Morgan fingerprint density at radius 3 is 2.94 bits per heavy atom. The first-order chi connectivity index (χ1) is 8.66. The van der Waals surface area contributed by atoms with Gasteiger partial charge in [0, 0.05) is 13.1 Å². The monoisotopic (exact) mass is 252 g/mol. The highest BCUT2D eigenvalue weighted by Crippen LogP contribution is 2.38. The lowest BCUT2D eigenvalue weighted by atomic mass is 9.91. The molecule has 1 amide bonds. The van der Waals surface area contributed by atoms with E-state index in [2.05, 4.69) is 5.32 Å². The van der Waals surface area contributed by atoms with Crippen LogP contribution in [0.15, 0.2) is 0 Å². The van der Waals surface area contributed by atoms with Gasteiger partial charge in [-0.2, -0.15) is 0 Å². The van der Waals surface area contributed by atoms with Gasteiger partial charge in [0.2, 0.25) is 5.91 Å². The summed E-state index contributed by atoms with van der Waals surface area (Å²) >= 11 is 0. The van der Waals surface area contributed by atoms with Gasteiger partial charge in [0.05, 0.1) is 12.1 Å². The predicted octanol–water partition coefficient (Wildman–Crippen LogP) is 0.604. The molecule has 5 unspecified atom stereocenters. The Hall–Kier alpha value is -0.610. The number of fused-ring (bicyclic) bond motifs is 1. The van der Waals surface area contributed by atoms with Crippen LogP contribution in [-0.2, 0) is 4.79 Å². The summed E-state index contributed by atoms with van der Waals surface area (Å²) in [6, 6.07) is 0.0555. The van der Waals surface area contributed by atoms with Gasteiger partial charge in [-0.15, -0.1) is 0 Å². The number of aliphatic hydroxyl groups is 1. The van der Waals surface area contributed by atoms with E-state index >= 15 is 0 Å². The molecular weight excluding hydrogens is 228 g/mol. The van der Waals surface area contributed by atoms with Crippen LogP contribution in [0.2, 0.25) is 0 Å². The summed E-state index contributed by atoms with van der Waals surface area (Å²) in [6.45, 7) is 4.49. The minimum atomic E-state index is -0.232. The Labute approximate surface area is 109 Å². The van der Waals surface area contributed by atoms with Gasteiger partial charge >= 0.3 is 0 Å². The molecular formula is C14H24N2O2. The Morgan fingerprint density at radius 2 is 2.17 bits per heavy atom. The number of likely N-dealkylation sites (tertiary alicyclic amines) is 1. The van der Waals surface area contributed by atoms with E-state index in [0.29, 0.717) is 5.92 Å². The molecule has 3 aliphatic rings. The van der Waals surface area contributed by atoms with Crippen LogP contribution in [0.5, 0.6) is 0 Å². The van der Waals surface area contributed by atoms with Crippen LogP contribution in [0.3, 0.4) is 0 Å². The van der Waals surface area contributed by atoms with Crippen LogP contribution < -0.4 is 5.32 Å². The van der Waals surface area contributed by atoms with E-state index in [9.17, 15) is 9.90 Å². The highest BCUT2D eigenvalue weighted by atomic mass is 16.3. The first-order valence-electron chi connectivity index (χ1n) is 7.37. The fourth-order valence-electron chi connectivity index (χ4n) is 3.99. The maximum atomic E-state index is 12.6. The lowest BCUT2D eigenvalue weighted by Gasteiger charge is -2.36. The van der Waals surface area contributed by atoms with Gasteiger partial charge in [-0.05, 0) is 43.6 Å². The number of nitrogens with one attached hydrogen (secondary N) is 1. The quantitative estimate of drug-likeness (QED) is 0.719. The number of aliphatic hydroxyl groups excluding tert-OH is 1. The van der Waals surface area contributed by atoms with Crippen molar-refractivity contribution in [2.24, 2.45) is 17.8 Å². The van der Waals surface area contributed by atoms with Gasteiger partial charge < -0.3 is 15.3 Å². The zero-order valence-corrected chi connectivity index (χ0v) is 11.1. The minimum Gasteiger partial charge on any atom is -0.393 e. The van der Waals surface area contributed by atoms with Crippen LogP contribution in [0.25, 0.3) is 0 Å². The smallest absolute Gasteiger partial charge is 0.240 e. The van der Waals surface area contributed by atoms with Crippen molar-refractivity contribution in [1.29, 1.82) is 0 Å². The third-order valence-electron chi connectivity index (χ3n) is 5.18. The predicted molar refractivity (Wildman–Crippen MR) is 69.0 cm³/mol. The number of hydrogen-bond acceptors (Lipinski definition) is 3. The second kappa shape index (κ2) is 4.82. The van der Waals surface area contributed by atoms with Crippen molar-refractivity contribution < 1.29 is 9.90 Å². The molecule has 4 nitrogen and oxygen atoms in total. The molecule has 2 N–H and O–H groups in total. The molecule has 0 spiro atoms. The second-order valence-electron chi connectivity index (χ2n) is 6.36. The molecule has 5 atom stereocenters.